The van der Waals surface area contributed by atoms with Crippen LogP contribution in [-0.4, -0.2) is 27.3 Å². The molecule has 0 aliphatic carbocycles. The second-order valence-electron chi connectivity index (χ2n) is 7.00. The van der Waals surface area contributed by atoms with Crippen LogP contribution >= 0.6 is 22.9 Å². The third kappa shape index (κ3) is 5.65. The summed E-state index contributed by atoms with van der Waals surface area (Å²) in [5, 5.41) is 6.94. The number of carbonyl (C=O) groups excluding carboxylic acids is 1. The number of thiazole rings is 1. The summed E-state index contributed by atoms with van der Waals surface area (Å²) in [7, 11) is 0. The Hall–Kier alpha value is -3.52. The van der Waals surface area contributed by atoms with Crippen molar-refractivity contribution in [2.45, 2.75) is 26.0 Å². The van der Waals surface area contributed by atoms with E-state index >= 15 is 0 Å². The molecule has 0 unspecified atom stereocenters. The second kappa shape index (κ2) is 10.6. The average molecular weight is 551 g/mol. The highest BCUT2D eigenvalue weighted by Crippen LogP contribution is 2.35. The molecule has 4 aromatic rings. The van der Waals surface area contributed by atoms with Crippen molar-refractivity contribution in [2.75, 3.05) is 5.32 Å². The molecule has 36 heavy (non-hydrogen) atoms. The van der Waals surface area contributed by atoms with Gasteiger partial charge in [-0.1, -0.05) is 11.6 Å². The van der Waals surface area contributed by atoms with Gasteiger partial charge in [-0.05, 0) is 36.4 Å². The lowest BCUT2D eigenvalue weighted by atomic mass is 10.2. The zero-order chi connectivity index (χ0) is 26.0. The van der Waals surface area contributed by atoms with E-state index in [2.05, 4.69) is 20.1 Å². The Bertz CT molecular complexity index is 1360. The number of nitrogens with one attached hydrogen (secondary N) is 1. The first-order chi connectivity index (χ1) is 17.1. The SMILES string of the molecule is O=C(Nc1nc(-c2ccc(OC(F)F)cc2)cs1)c1ccc(Cn2nc(C(F)F)c(Cl)c2C(F)F)o1. The first kappa shape index (κ1) is 25.6. The van der Waals surface area contributed by atoms with Crippen molar-refractivity contribution in [1.82, 2.24) is 14.8 Å². The highest BCUT2D eigenvalue weighted by atomic mass is 35.5. The Balaban J connectivity index is 1.44. The molecule has 0 spiro atoms. The maximum Gasteiger partial charge on any atom is 0.387 e. The molecule has 0 bridgehead atoms. The van der Waals surface area contributed by atoms with Crippen LogP contribution in [0.25, 0.3) is 11.3 Å². The third-order valence-corrected chi connectivity index (χ3v) is 5.81. The van der Waals surface area contributed by atoms with E-state index in [-0.39, 0.29) is 22.4 Å². The lowest BCUT2D eigenvalue weighted by Crippen LogP contribution is -2.11. The lowest BCUT2D eigenvalue weighted by Gasteiger charge is -2.05. The summed E-state index contributed by atoms with van der Waals surface area (Å²) in [6.45, 7) is -3.41. The molecular weight excluding hydrogens is 538 g/mol. The first-order valence-corrected chi connectivity index (χ1v) is 11.1. The molecule has 3 aromatic heterocycles. The van der Waals surface area contributed by atoms with E-state index in [1.54, 1.807) is 5.38 Å². The minimum Gasteiger partial charge on any atom is -0.454 e. The van der Waals surface area contributed by atoms with Gasteiger partial charge in [0.1, 0.15) is 22.9 Å². The summed E-state index contributed by atoms with van der Waals surface area (Å²) in [6.07, 6.45) is -6.32. The number of benzene rings is 1. The van der Waals surface area contributed by atoms with E-state index < -0.39 is 48.3 Å². The van der Waals surface area contributed by atoms with Crippen molar-refractivity contribution < 1.29 is 40.3 Å². The van der Waals surface area contributed by atoms with Crippen molar-refractivity contribution >= 4 is 34.0 Å². The summed E-state index contributed by atoms with van der Waals surface area (Å²) in [5.74, 6) is -0.924. The van der Waals surface area contributed by atoms with Crippen molar-refractivity contribution in [3.63, 3.8) is 0 Å². The fourth-order valence-electron chi connectivity index (χ4n) is 3.10. The van der Waals surface area contributed by atoms with E-state index in [1.165, 1.54) is 36.4 Å². The number of amides is 1. The number of rotatable bonds is 9. The predicted octanol–water partition coefficient (Wildman–Crippen LogP) is 7.03. The topological polar surface area (TPSA) is 82.2 Å². The van der Waals surface area contributed by atoms with Gasteiger partial charge in [0.2, 0.25) is 0 Å². The van der Waals surface area contributed by atoms with Gasteiger partial charge in [0.15, 0.2) is 10.9 Å². The minimum absolute atomic E-state index is 0.00651. The fourth-order valence-corrected chi connectivity index (χ4v) is 4.12. The van der Waals surface area contributed by atoms with Gasteiger partial charge >= 0.3 is 6.61 Å². The predicted molar refractivity (Wildman–Crippen MR) is 117 cm³/mol. The molecule has 0 atom stereocenters. The highest BCUT2D eigenvalue weighted by molar-refractivity contribution is 7.14. The zero-order valence-electron chi connectivity index (χ0n) is 17.6. The number of ether oxygens (including phenoxy) is 1. The fraction of sp³-hybridized carbons (Fsp3) is 0.190. The van der Waals surface area contributed by atoms with Crippen LogP contribution in [0.4, 0.5) is 31.5 Å². The number of nitrogens with zero attached hydrogens (tertiary/aromatic N) is 3. The summed E-state index contributed by atoms with van der Waals surface area (Å²) >= 11 is 6.71. The Morgan fingerprint density at radius 3 is 2.44 bits per heavy atom. The summed E-state index contributed by atoms with van der Waals surface area (Å²) in [6, 6.07) is 8.30. The minimum atomic E-state index is -3.16. The van der Waals surface area contributed by atoms with Crippen LogP contribution in [0.15, 0.2) is 46.2 Å². The summed E-state index contributed by atoms with van der Waals surface area (Å²) in [4.78, 5) is 16.8. The average Bonchev–Trinajstić information content (AvgIpc) is 3.53. The molecule has 1 aromatic carbocycles. The van der Waals surface area contributed by atoms with Gasteiger partial charge in [0.05, 0.1) is 17.3 Å². The second-order valence-corrected chi connectivity index (χ2v) is 8.24. The van der Waals surface area contributed by atoms with Crippen molar-refractivity contribution in [1.29, 1.82) is 0 Å². The number of hydrogen-bond donors (Lipinski definition) is 1. The van der Waals surface area contributed by atoms with Crippen LogP contribution in [0, 0.1) is 0 Å². The quantitative estimate of drug-likeness (QED) is 0.226. The van der Waals surface area contributed by atoms with Gasteiger partial charge < -0.3 is 9.15 Å². The van der Waals surface area contributed by atoms with Gasteiger partial charge in [-0.25, -0.2) is 22.5 Å². The molecule has 3 heterocycles. The normalized spacial score (nSPS) is 11.6. The standard InChI is InChI=1S/C21H13ClF6N4O3S/c22-14-15(17(23)24)31-32(16(14)18(25)26)7-11-5-6-13(34-11)19(33)30-21-29-12(8-36-21)9-1-3-10(4-2-9)35-20(27)28/h1-6,8,17-18,20H,7H2,(H,29,30,33). The Morgan fingerprint density at radius 2 is 1.81 bits per heavy atom. The van der Waals surface area contributed by atoms with Gasteiger partial charge in [-0.3, -0.25) is 14.8 Å². The largest absolute Gasteiger partial charge is 0.454 e. The van der Waals surface area contributed by atoms with E-state index in [1.807, 2.05) is 0 Å². The molecule has 0 saturated heterocycles. The number of halogens is 7. The number of anilines is 1. The number of furan rings is 1. The van der Waals surface area contributed by atoms with Crippen LogP contribution in [0.3, 0.4) is 0 Å². The van der Waals surface area contributed by atoms with Gasteiger partial charge in [0, 0.05) is 10.9 Å². The molecule has 0 saturated carbocycles. The number of alkyl halides is 6. The Kier molecular flexibility index (Phi) is 7.54. The van der Waals surface area contributed by atoms with Crippen molar-refractivity contribution in [2.24, 2.45) is 0 Å². The van der Waals surface area contributed by atoms with Gasteiger partial charge in [0.25, 0.3) is 18.8 Å². The van der Waals surface area contributed by atoms with E-state index in [0.29, 0.717) is 15.9 Å². The molecule has 0 fully saturated rings. The van der Waals surface area contributed by atoms with Gasteiger partial charge in [-0.2, -0.15) is 13.9 Å². The van der Waals surface area contributed by atoms with Crippen LogP contribution in [-0.2, 0) is 6.54 Å². The van der Waals surface area contributed by atoms with Crippen LogP contribution in [0.5, 0.6) is 5.75 Å². The molecule has 190 valence electrons. The molecular formula is C21H13ClF6N4O3S. The maximum atomic E-state index is 13.3. The molecule has 4 rings (SSSR count). The number of aromatic nitrogens is 3. The Labute approximate surface area is 207 Å². The molecule has 15 heteroatoms. The summed E-state index contributed by atoms with van der Waals surface area (Å²) < 4.78 is 87.4. The Morgan fingerprint density at radius 1 is 1.08 bits per heavy atom. The van der Waals surface area contributed by atoms with Crippen LogP contribution in [0.2, 0.25) is 5.02 Å². The lowest BCUT2D eigenvalue weighted by molar-refractivity contribution is -0.0498. The van der Waals surface area contributed by atoms with Gasteiger partial charge in [-0.15, -0.1) is 11.3 Å². The monoisotopic (exact) mass is 550 g/mol. The molecule has 0 radical (unpaired) electrons. The molecule has 0 aliphatic heterocycles. The van der Waals surface area contributed by atoms with Crippen molar-refractivity contribution in [3.05, 3.63) is 69.7 Å². The molecule has 1 amide bonds. The summed E-state index contributed by atoms with van der Waals surface area (Å²) in [5.41, 5.74) is -0.820. The number of hydrogen-bond acceptors (Lipinski definition) is 6. The van der Waals surface area contributed by atoms with Crippen LogP contribution < -0.4 is 10.1 Å². The first-order valence-electron chi connectivity index (χ1n) is 9.85. The molecule has 7 nitrogen and oxygen atoms in total. The highest BCUT2D eigenvalue weighted by Gasteiger charge is 2.28. The zero-order valence-corrected chi connectivity index (χ0v) is 19.2. The van der Waals surface area contributed by atoms with E-state index in [0.717, 1.165) is 11.3 Å². The molecule has 0 aliphatic rings. The van der Waals surface area contributed by atoms with E-state index in [4.69, 9.17) is 16.0 Å². The van der Waals surface area contributed by atoms with E-state index in [9.17, 15) is 31.1 Å². The third-order valence-electron chi connectivity index (χ3n) is 4.66. The smallest absolute Gasteiger partial charge is 0.387 e. The van der Waals surface area contributed by atoms with Crippen molar-refractivity contribution in [3.8, 4) is 17.0 Å². The molecule has 1 N–H and O–H groups in total. The maximum absolute atomic E-state index is 13.3. The van der Waals surface area contributed by atoms with Crippen LogP contribution in [0.1, 0.15) is 40.6 Å². The number of carbonyl (C=O) groups is 1.